The lowest BCUT2D eigenvalue weighted by Crippen LogP contribution is -2.07. The first-order valence-electron chi connectivity index (χ1n) is 4.97. The Labute approximate surface area is 99.3 Å². The van der Waals surface area contributed by atoms with E-state index in [4.69, 9.17) is 11.6 Å². The zero-order chi connectivity index (χ0) is 11.3. The monoisotopic (exact) mass is 260 g/mol. The molecule has 1 fully saturated rings. The van der Waals surface area contributed by atoms with E-state index in [1.165, 1.54) is 17.8 Å². The molecule has 2 heterocycles. The van der Waals surface area contributed by atoms with Crippen LogP contribution in [0.5, 0.6) is 0 Å². The number of nitrogens with zero attached hydrogens (tertiary/aromatic N) is 2. The van der Waals surface area contributed by atoms with Gasteiger partial charge in [0.1, 0.15) is 15.2 Å². The molecule has 0 N–H and O–H groups in total. The Hall–Kier alpha value is -0.810. The normalized spacial score (nSPS) is 16.7. The molecule has 1 saturated carbocycles. The molecule has 2 nitrogen and oxygen atoms in total. The number of hydrogen-bond acceptors (Lipinski definition) is 3. The van der Waals surface area contributed by atoms with Crippen LogP contribution in [0.2, 0.25) is 5.02 Å². The van der Waals surface area contributed by atoms with Crippen LogP contribution < -0.4 is 0 Å². The lowest BCUT2D eigenvalue weighted by atomic mass is 9.86. The van der Waals surface area contributed by atoms with Gasteiger partial charge in [-0.3, -0.25) is 0 Å². The Morgan fingerprint density at radius 3 is 2.56 bits per heavy atom. The molecule has 0 unspecified atom stereocenters. The van der Waals surface area contributed by atoms with Crippen molar-refractivity contribution in [2.45, 2.75) is 25.2 Å². The highest BCUT2D eigenvalue weighted by atomic mass is 35.5. The number of halogens is 3. The van der Waals surface area contributed by atoms with Crippen molar-refractivity contribution < 1.29 is 8.78 Å². The molecule has 0 saturated heterocycles. The first kappa shape index (κ1) is 10.4. The fourth-order valence-electron chi connectivity index (χ4n) is 1.74. The average molecular weight is 261 g/mol. The predicted octanol–water partition coefficient (Wildman–Crippen LogP) is 3.89. The minimum Gasteiger partial charge on any atom is -0.239 e. The summed E-state index contributed by atoms with van der Waals surface area (Å²) in [6.07, 6.45) is 3.30. The molecule has 0 bridgehead atoms. The van der Waals surface area contributed by atoms with Gasteiger partial charge in [0, 0.05) is 5.92 Å². The number of hydrogen-bond donors (Lipinski definition) is 0. The molecule has 0 spiro atoms. The van der Waals surface area contributed by atoms with Crippen molar-refractivity contribution in [3.8, 4) is 0 Å². The van der Waals surface area contributed by atoms with Gasteiger partial charge in [-0.25, -0.2) is 4.98 Å². The van der Waals surface area contributed by atoms with E-state index in [-0.39, 0.29) is 15.2 Å². The van der Waals surface area contributed by atoms with Gasteiger partial charge < -0.3 is 0 Å². The van der Waals surface area contributed by atoms with Crippen LogP contribution in [0.25, 0.3) is 10.2 Å². The molecular formula is C10H7ClF2N2S. The number of aromatic nitrogens is 2. The van der Waals surface area contributed by atoms with Crippen LogP contribution >= 0.6 is 22.9 Å². The first-order valence-corrected chi connectivity index (χ1v) is 6.17. The third-order valence-electron chi connectivity index (χ3n) is 2.87. The molecule has 0 aliphatic heterocycles. The van der Waals surface area contributed by atoms with Crippen molar-refractivity contribution in [3.05, 3.63) is 21.9 Å². The van der Waals surface area contributed by atoms with E-state index in [0.717, 1.165) is 17.8 Å². The topological polar surface area (TPSA) is 25.8 Å². The molecule has 0 aromatic carbocycles. The molecule has 2 aromatic rings. The summed E-state index contributed by atoms with van der Waals surface area (Å²) in [7, 11) is 0. The van der Waals surface area contributed by atoms with E-state index in [1.807, 2.05) is 0 Å². The molecule has 6 heteroatoms. The van der Waals surface area contributed by atoms with Crippen LogP contribution in [0.4, 0.5) is 8.78 Å². The standard InChI is InChI=1S/C10H7ClF2N2S/c11-5-6-7(9(13)15-8(5)12)16-10(14-6)4-2-1-3-4/h4H,1-3H2. The Morgan fingerprint density at radius 1 is 1.19 bits per heavy atom. The van der Waals surface area contributed by atoms with Crippen molar-refractivity contribution in [1.29, 1.82) is 0 Å². The average Bonchev–Trinajstić information content (AvgIpc) is 2.57. The number of fused-ring (bicyclic) bond motifs is 1. The maximum Gasteiger partial charge on any atom is 0.236 e. The molecule has 0 radical (unpaired) electrons. The van der Waals surface area contributed by atoms with E-state index in [2.05, 4.69) is 9.97 Å². The quantitative estimate of drug-likeness (QED) is 0.727. The summed E-state index contributed by atoms with van der Waals surface area (Å²) in [5.74, 6) is -1.42. The summed E-state index contributed by atoms with van der Waals surface area (Å²) in [4.78, 5) is 7.35. The van der Waals surface area contributed by atoms with Gasteiger partial charge in [0.2, 0.25) is 11.9 Å². The number of thiazole rings is 1. The Kier molecular flexibility index (Phi) is 2.33. The van der Waals surface area contributed by atoms with Crippen LogP contribution in [0.3, 0.4) is 0 Å². The molecule has 1 aliphatic carbocycles. The van der Waals surface area contributed by atoms with Crippen LogP contribution in [0.1, 0.15) is 30.2 Å². The fourth-order valence-corrected chi connectivity index (χ4v) is 3.10. The smallest absolute Gasteiger partial charge is 0.236 e. The molecule has 3 rings (SSSR count). The van der Waals surface area contributed by atoms with Gasteiger partial charge in [-0.1, -0.05) is 18.0 Å². The van der Waals surface area contributed by atoms with Crippen LogP contribution in [-0.4, -0.2) is 9.97 Å². The predicted molar refractivity (Wildman–Crippen MR) is 58.9 cm³/mol. The highest BCUT2D eigenvalue weighted by Gasteiger charge is 2.25. The van der Waals surface area contributed by atoms with Gasteiger partial charge in [-0.2, -0.15) is 13.8 Å². The van der Waals surface area contributed by atoms with Gasteiger partial charge in [0.25, 0.3) is 0 Å². The van der Waals surface area contributed by atoms with E-state index < -0.39 is 11.9 Å². The largest absolute Gasteiger partial charge is 0.239 e. The van der Waals surface area contributed by atoms with E-state index in [9.17, 15) is 8.78 Å². The Morgan fingerprint density at radius 2 is 1.94 bits per heavy atom. The van der Waals surface area contributed by atoms with Gasteiger partial charge in [-0.05, 0) is 12.8 Å². The van der Waals surface area contributed by atoms with E-state index in [0.29, 0.717) is 5.92 Å². The summed E-state index contributed by atoms with van der Waals surface area (Å²) < 4.78 is 26.7. The van der Waals surface area contributed by atoms with Gasteiger partial charge in [0.15, 0.2) is 0 Å². The van der Waals surface area contributed by atoms with Crippen LogP contribution in [0.15, 0.2) is 0 Å². The molecule has 1 aliphatic rings. The van der Waals surface area contributed by atoms with Gasteiger partial charge >= 0.3 is 0 Å². The number of pyridine rings is 1. The second-order valence-corrected chi connectivity index (χ2v) is 5.27. The molecule has 0 atom stereocenters. The summed E-state index contributed by atoms with van der Waals surface area (Å²) in [6, 6.07) is 0. The molecule has 0 amide bonds. The molecule has 16 heavy (non-hydrogen) atoms. The Bertz CT molecular complexity index is 565. The lowest BCUT2D eigenvalue weighted by Gasteiger charge is -2.22. The summed E-state index contributed by atoms with van der Waals surface area (Å²) in [5.41, 5.74) is 0.207. The zero-order valence-corrected chi connectivity index (χ0v) is 9.71. The summed E-state index contributed by atoms with van der Waals surface area (Å²) >= 11 is 6.95. The molecule has 2 aromatic heterocycles. The van der Waals surface area contributed by atoms with Crippen molar-refractivity contribution in [1.82, 2.24) is 9.97 Å². The van der Waals surface area contributed by atoms with E-state index >= 15 is 0 Å². The highest BCUT2D eigenvalue weighted by molar-refractivity contribution is 7.18. The summed E-state index contributed by atoms with van der Waals surface area (Å²) in [5, 5.41) is 0.660. The third kappa shape index (κ3) is 1.42. The van der Waals surface area contributed by atoms with E-state index in [1.54, 1.807) is 0 Å². The maximum absolute atomic E-state index is 13.4. The summed E-state index contributed by atoms with van der Waals surface area (Å²) in [6.45, 7) is 0. The fraction of sp³-hybridized carbons (Fsp3) is 0.400. The minimum atomic E-state index is -0.989. The van der Waals surface area contributed by atoms with Crippen LogP contribution in [0, 0.1) is 11.9 Å². The Balaban J connectivity index is 2.22. The van der Waals surface area contributed by atoms with Crippen LogP contribution in [-0.2, 0) is 0 Å². The SMILES string of the molecule is Fc1nc(F)c2sc(C3CCC3)nc2c1Cl. The first-order chi connectivity index (χ1) is 7.66. The second-order valence-electron chi connectivity index (χ2n) is 3.87. The van der Waals surface area contributed by atoms with Crippen molar-refractivity contribution in [2.24, 2.45) is 0 Å². The third-order valence-corrected chi connectivity index (χ3v) is 4.41. The second kappa shape index (κ2) is 3.60. The zero-order valence-electron chi connectivity index (χ0n) is 8.14. The highest BCUT2D eigenvalue weighted by Crippen LogP contribution is 2.41. The van der Waals surface area contributed by atoms with Crippen molar-refractivity contribution >= 4 is 33.2 Å². The minimum absolute atomic E-state index is 0.182. The van der Waals surface area contributed by atoms with Crippen molar-refractivity contribution in [2.75, 3.05) is 0 Å². The van der Waals surface area contributed by atoms with Crippen molar-refractivity contribution in [3.63, 3.8) is 0 Å². The molecular weight excluding hydrogens is 254 g/mol. The molecule has 84 valence electrons. The lowest BCUT2D eigenvalue weighted by molar-refractivity contribution is 0.419. The maximum atomic E-state index is 13.4. The van der Waals surface area contributed by atoms with Gasteiger partial charge in [-0.15, -0.1) is 11.3 Å². The number of rotatable bonds is 1. The van der Waals surface area contributed by atoms with Gasteiger partial charge in [0.05, 0.1) is 5.01 Å².